The van der Waals surface area contributed by atoms with Crippen molar-refractivity contribution in [1.82, 2.24) is 20.3 Å². The van der Waals surface area contributed by atoms with Gasteiger partial charge in [0.2, 0.25) is 5.91 Å². The fourth-order valence-corrected chi connectivity index (χ4v) is 1.86. The Bertz CT molecular complexity index is 415. The predicted molar refractivity (Wildman–Crippen MR) is 79.0 cm³/mol. The van der Waals surface area contributed by atoms with Crippen molar-refractivity contribution in [1.29, 1.82) is 0 Å². The van der Waals surface area contributed by atoms with Crippen LogP contribution in [0.5, 0.6) is 0 Å². The zero-order valence-corrected chi connectivity index (χ0v) is 13.0. The lowest BCUT2D eigenvalue weighted by molar-refractivity contribution is -0.124. The summed E-state index contributed by atoms with van der Waals surface area (Å²) < 4.78 is 1.58. The fourth-order valence-electron chi connectivity index (χ4n) is 1.86. The molecular weight excluding hydrogens is 254 g/mol. The second-order valence-electron chi connectivity index (χ2n) is 5.67. The zero-order valence-electron chi connectivity index (χ0n) is 13.0. The van der Waals surface area contributed by atoms with Crippen molar-refractivity contribution in [3.8, 4) is 0 Å². The minimum atomic E-state index is -0.364. The summed E-state index contributed by atoms with van der Waals surface area (Å²) in [4.78, 5) is 12.0. The van der Waals surface area contributed by atoms with Crippen LogP contribution in [0.3, 0.4) is 0 Å². The van der Waals surface area contributed by atoms with Gasteiger partial charge in [0.1, 0.15) is 6.04 Å². The maximum Gasteiger partial charge on any atom is 0.244 e. The Hall–Kier alpha value is -1.43. The van der Waals surface area contributed by atoms with E-state index in [1.807, 2.05) is 6.92 Å². The Morgan fingerprint density at radius 1 is 1.40 bits per heavy atom. The van der Waals surface area contributed by atoms with Gasteiger partial charge in [-0.05, 0) is 25.7 Å². The van der Waals surface area contributed by atoms with E-state index in [1.54, 1.807) is 10.9 Å². The topological polar surface area (TPSA) is 85.8 Å². The molecule has 3 N–H and O–H groups in total. The minimum absolute atomic E-state index is 0.0360. The first-order valence-corrected chi connectivity index (χ1v) is 7.40. The van der Waals surface area contributed by atoms with Crippen molar-refractivity contribution >= 4 is 5.91 Å². The van der Waals surface area contributed by atoms with Gasteiger partial charge < -0.3 is 11.1 Å². The summed E-state index contributed by atoms with van der Waals surface area (Å²) in [6, 6.07) is -0.470. The van der Waals surface area contributed by atoms with Gasteiger partial charge in [0.15, 0.2) is 0 Å². The van der Waals surface area contributed by atoms with Gasteiger partial charge in [0, 0.05) is 6.54 Å². The van der Waals surface area contributed by atoms with Crippen molar-refractivity contribution in [3.63, 3.8) is 0 Å². The van der Waals surface area contributed by atoms with E-state index in [9.17, 15) is 4.79 Å². The van der Waals surface area contributed by atoms with E-state index in [1.165, 1.54) is 0 Å². The molecule has 1 rings (SSSR count). The Morgan fingerprint density at radius 3 is 2.70 bits per heavy atom. The van der Waals surface area contributed by atoms with Crippen LogP contribution in [0.4, 0.5) is 0 Å². The molecule has 0 aromatic carbocycles. The second kappa shape index (κ2) is 7.99. The summed E-state index contributed by atoms with van der Waals surface area (Å²) in [5.74, 6) is 0.543. The zero-order chi connectivity index (χ0) is 15.1. The standard InChI is InChI=1S/C14H27N5O/c1-5-6-12(15)13-9-19(18-17-13)11(4)14(20)16-8-7-10(2)3/h9-12H,5-8,15H2,1-4H3,(H,16,20). The third-order valence-electron chi connectivity index (χ3n) is 3.30. The Kier molecular flexibility index (Phi) is 6.64. The molecular formula is C14H27N5O. The first-order chi connectivity index (χ1) is 9.45. The van der Waals surface area contributed by atoms with E-state index < -0.39 is 0 Å². The minimum Gasteiger partial charge on any atom is -0.354 e. The third kappa shape index (κ3) is 4.92. The lowest BCUT2D eigenvalue weighted by atomic mass is 10.1. The largest absolute Gasteiger partial charge is 0.354 e. The Morgan fingerprint density at radius 2 is 2.10 bits per heavy atom. The van der Waals surface area contributed by atoms with E-state index in [0.717, 1.165) is 25.0 Å². The Labute approximate surface area is 121 Å². The fraction of sp³-hybridized carbons (Fsp3) is 0.786. The van der Waals surface area contributed by atoms with Crippen LogP contribution in [0.25, 0.3) is 0 Å². The average Bonchev–Trinajstić information content (AvgIpc) is 2.87. The molecule has 6 nitrogen and oxygen atoms in total. The number of carbonyl (C=O) groups is 1. The highest BCUT2D eigenvalue weighted by Crippen LogP contribution is 2.14. The molecule has 0 spiro atoms. The van der Waals surface area contributed by atoms with Crippen LogP contribution in [-0.2, 0) is 4.79 Å². The molecule has 0 aliphatic rings. The summed E-state index contributed by atoms with van der Waals surface area (Å²) in [5, 5.41) is 11.0. The molecule has 0 saturated heterocycles. The van der Waals surface area contributed by atoms with Crippen molar-refractivity contribution in [2.24, 2.45) is 11.7 Å². The summed E-state index contributed by atoms with van der Waals surface area (Å²) in [5.41, 5.74) is 6.74. The van der Waals surface area contributed by atoms with Gasteiger partial charge in [-0.1, -0.05) is 32.4 Å². The maximum absolute atomic E-state index is 12.0. The highest BCUT2D eigenvalue weighted by Gasteiger charge is 2.18. The Balaban J connectivity index is 2.54. The number of hydrogen-bond donors (Lipinski definition) is 2. The smallest absolute Gasteiger partial charge is 0.244 e. The van der Waals surface area contributed by atoms with Gasteiger partial charge in [-0.25, -0.2) is 4.68 Å². The molecule has 0 fully saturated rings. The van der Waals surface area contributed by atoms with Crippen LogP contribution in [0.1, 0.15) is 64.7 Å². The molecule has 0 radical (unpaired) electrons. The van der Waals surface area contributed by atoms with E-state index >= 15 is 0 Å². The van der Waals surface area contributed by atoms with E-state index in [4.69, 9.17) is 5.73 Å². The van der Waals surface area contributed by atoms with Gasteiger partial charge in [0.25, 0.3) is 0 Å². The molecule has 1 amide bonds. The molecule has 6 heteroatoms. The van der Waals surface area contributed by atoms with E-state index in [2.05, 4.69) is 36.4 Å². The molecule has 0 aliphatic carbocycles. The lowest BCUT2D eigenvalue weighted by Gasteiger charge is -2.12. The number of amides is 1. The number of hydrogen-bond acceptors (Lipinski definition) is 4. The van der Waals surface area contributed by atoms with Gasteiger partial charge in [-0.3, -0.25) is 4.79 Å². The predicted octanol–water partition coefficient (Wildman–Crippen LogP) is 1.80. The molecule has 0 saturated carbocycles. The van der Waals surface area contributed by atoms with Crippen LogP contribution in [0.15, 0.2) is 6.20 Å². The number of nitrogens with two attached hydrogens (primary N) is 1. The van der Waals surface area contributed by atoms with Crippen LogP contribution in [0, 0.1) is 5.92 Å². The molecule has 0 bridgehead atoms. The number of carbonyl (C=O) groups excluding carboxylic acids is 1. The van der Waals surface area contributed by atoms with Gasteiger partial charge >= 0.3 is 0 Å². The molecule has 114 valence electrons. The molecule has 1 aromatic rings. The number of rotatable bonds is 8. The first kappa shape index (κ1) is 16.6. The highest BCUT2D eigenvalue weighted by atomic mass is 16.2. The number of aromatic nitrogens is 3. The van der Waals surface area contributed by atoms with E-state index in [-0.39, 0.29) is 18.0 Å². The van der Waals surface area contributed by atoms with Crippen LogP contribution >= 0.6 is 0 Å². The summed E-state index contributed by atoms with van der Waals surface area (Å²) >= 11 is 0. The SMILES string of the molecule is CCCC(N)c1cn(C(C)C(=O)NCCC(C)C)nn1. The molecule has 20 heavy (non-hydrogen) atoms. The van der Waals surface area contributed by atoms with Gasteiger partial charge in [-0.2, -0.15) is 0 Å². The van der Waals surface area contributed by atoms with Crippen LogP contribution in [-0.4, -0.2) is 27.4 Å². The number of nitrogens with one attached hydrogen (secondary N) is 1. The summed E-state index contributed by atoms with van der Waals surface area (Å²) in [6.45, 7) is 8.85. The van der Waals surface area contributed by atoms with Crippen LogP contribution < -0.4 is 11.1 Å². The van der Waals surface area contributed by atoms with Crippen molar-refractivity contribution < 1.29 is 4.79 Å². The van der Waals surface area contributed by atoms with Crippen molar-refractivity contribution in [2.75, 3.05) is 6.54 Å². The monoisotopic (exact) mass is 281 g/mol. The molecule has 1 heterocycles. The first-order valence-electron chi connectivity index (χ1n) is 7.40. The normalized spacial score (nSPS) is 14.3. The average molecular weight is 281 g/mol. The summed E-state index contributed by atoms with van der Waals surface area (Å²) in [6.07, 6.45) is 4.61. The lowest BCUT2D eigenvalue weighted by Crippen LogP contribution is -2.32. The molecule has 2 unspecified atom stereocenters. The summed E-state index contributed by atoms with van der Waals surface area (Å²) in [7, 11) is 0. The number of nitrogens with zero attached hydrogens (tertiary/aromatic N) is 3. The second-order valence-corrected chi connectivity index (χ2v) is 5.67. The maximum atomic E-state index is 12.0. The van der Waals surface area contributed by atoms with Gasteiger partial charge in [-0.15, -0.1) is 5.10 Å². The molecule has 1 aromatic heterocycles. The van der Waals surface area contributed by atoms with E-state index in [0.29, 0.717) is 12.5 Å². The van der Waals surface area contributed by atoms with Crippen molar-refractivity contribution in [2.45, 2.75) is 59.0 Å². The van der Waals surface area contributed by atoms with Gasteiger partial charge in [0.05, 0.1) is 17.9 Å². The highest BCUT2D eigenvalue weighted by molar-refractivity contribution is 5.79. The molecule has 2 atom stereocenters. The van der Waals surface area contributed by atoms with Crippen molar-refractivity contribution in [3.05, 3.63) is 11.9 Å². The quantitative estimate of drug-likeness (QED) is 0.761. The van der Waals surface area contributed by atoms with Crippen LogP contribution in [0.2, 0.25) is 0 Å². The third-order valence-corrected chi connectivity index (χ3v) is 3.30. The molecule has 0 aliphatic heterocycles.